The maximum Gasteiger partial charge on any atom is 0.254 e. The van der Waals surface area contributed by atoms with Gasteiger partial charge in [0.25, 0.3) is 17.7 Å². The lowest BCUT2D eigenvalue weighted by Gasteiger charge is -2.24. The molecular formula is C91H157N3O9. The highest BCUT2D eigenvalue weighted by Crippen LogP contribution is 2.33. The third-order valence-electron chi connectivity index (χ3n) is 20.3. The highest BCUT2D eigenvalue weighted by atomic mass is 16.5. The Morgan fingerprint density at radius 3 is 0.650 bits per heavy atom. The lowest BCUT2D eigenvalue weighted by atomic mass is 10.1. The van der Waals surface area contributed by atoms with E-state index in [2.05, 4.69) is 52.2 Å². The fourth-order valence-corrected chi connectivity index (χ4v) is 13.5. The van der Waals surface area contributed by atoms with Gasteiger partial charge in [0, 0.05) is 42.9 Å². The maximum absolute atomic E-state index is 15.1. The van der Waals surface area contributed by atoms with Crippen LogP contribution in [0.15, 0.2) is 54.6 Å². The van der Waals surface area contributed by atoms with E-state index >= 15 is 4.79 Å². The second-order valence-corrected chi connectivity index (χ2v) is 29.8. The summed E-state index contributed by atoms with van der Waals surface area (Å²) in [7, 11) is 0. The highest BCUT2D eigenvalue weighted by Gasteiger charge is 2.21. The minimum atomic E-state index is -0.267. The van der Waals surface area contributed by atoms with E-state index in [1.165, 1.54) is 270 Å². The van der Waals surface area contributed by atoms with Crippen LogP contribution in [-0.2, 0) is 0 Å². The van der Waals surface area contributed by atoms with Crippen LogP contribution in [-0.4, -0.2) is 88.4 Å². The van der Waals surface area contributed by atoms with Crippen LogP contribution in [0.2, 0.25) is 0 Å². The van der Waals surface area contributed by atoms with Crippen molar-refractivity contribution in [1.82, 2.24) is 15.5 Å². The van der Waals surface area contributed by atoms with Gasteiger partial charge in [-0.1, -0.05) is 350 Å². The minimum Gasteiger partial charge on any atom is -0.490 e. The summed E-state index contributed by atoms with van der Waals surface area (Å²) >= 11 is 0. The van der Waals surface area contributed by atoms with Crippen molar-refractivity contribution in [2.45, 2.75) is 388 Å². The van der Waals surface area contributed by atoms with Crippen LogP contribution in [0, 0.1) is 0 Å². The summed E-state index contributed by atoms with van der Waals surface area (Å²) in [6.07, 6.45) is 66.2. The first-order valence-corrected chi connectivity index (χ1v) is 43.8. The average molecular weight is 1440 g/mol. The molecule has 3 aromatic rings. The van der Waals surface area contributed by atoms with Crippen LogP contribution >= 0.6 is 0 Å². The van der Waals surface area contributed by atoms with E-state index in [4.69, 9.17) is 28.4 Å². The van der Waals surface area contributed by atoms with E-state index in [1.807, 2.05) is 54.6 Å². The van der Waals surface area contributed by atoms with Crippen molar-refractivity contribution in [3.63, 3.8) is 0 Å². The molecule has 0 aliphatic rings. The molecule has 0 aliphatic carbocycles. The minimum absolute atomic E-state index is 0.173. The molecule has 0 unspecified atom stereocenters. The molecule has 12 heteroatoms. The third-order valence-corrected chi connectivity index (χ3v) is 20.3. The Morgan fingerprint density at radius 1 is 0.243 bits per heavy atom. The molecule has 0 atom stereocenters. The van der Waals surface area contributed by atoms with Crippen molar-refractivity contribution in [3.05, 3.63) is 71.3 Å². The molecule has 3 aromatic carbocycles. The number of unbranched alkanes of at least 4 members (excludes halogenated alkanes) is 48. The van der Waals surface area contributed by atoms with Crippen LogP contribution < -0.4 is 39.1 Å². The van der Waals surface area contributed by atoms with Gasteiger partial charge < -0.3 is 44.0 Å². The number of carbonyl (C=O) groups is 3. The number of amides is 3. The normalized spacial score (nSPS) is 11.3. The topological polar surface area (TPSA) is 134 Å². The molecule has 0 saturated carbocycles. The quantitative estimate of drug-likeness (QED) is 0.0530. The van der Waals surface area contributed by atoms with Gasteiger partial charge in [-0.15, -0.1) is 0 Å². The molecule has 0 saturated heterocycles. The van der Waals surface area contributed by atoms with E-state index in [-0.39, 0.29) is 43.9 Å². The van der Waals surface area contributed by atoms with Crippen LogP contribution in [0.1, 0.15) is 419 Å². The van der Waals surface area contributed by atoms with E-state index in [0.29, 0.717) is 90.8 Å². The zero-order valence-electron chi connectivity index (χ0n) is 67.6. The Labute approximate surface area is 632 Å². The summed E-state index contributed by atoms with van der Waals surface area (Å²) in [5.74, 6) is 2.93. The molecule has 103 heavy (non-hydrogen) atoms. The predicted molar refractivity (Wildman–Crippen MR) is 436 cm³/mol. The van der Waals surface area contributed by atoms with E-state index in [0.717, 1.165) is 77.0 Å². The summed E-state index contributed by atoms with van der Waals surface area (Å²) in [4.78, 5) is 45.3. The van der Waals surface area contributed by atoms with E-state index in [9.17, 15) is 9.59 Å². The SMILES string of the molecule is CCCCCCCCCCCOc1ccc(C(=O)NCCN(CCNC(=O)c2ccc(OCCCCCCCCCCC)c(OCCCCCCCCCCC)c2)C(=O)c2ccc(OCCCCCCCCCCC)c(OCCCCCCCCCCC)c2)cc1OCCCCCCCCCCC. The molecule has 0 aliphatic heterocycles. The van der Waals surface area contributed by atoms with E-state index in [1.54, 1.807) is 4.90 Å². The van der Waals surface area contributed by atoms with Crippen LogP contribution in [0.3, 0.4) is 0 Å². The van der Waals surface area contributed by atoms with Gasteiger partial charge in [-0.3, -0.25) is 14.4 Å². The van der Waals surface area contributed by atoms with E-state index < -0.39 is 0 Å². The van der Waals surface area contributed by atoms with Crippen molar-refractivity contribution in [3.8, 4) is 34.5 Å². The van der Waals surface area contributed by atoms with Crippen LogP contribution in [0.5, 0.6) is 34.5 Å². The number of carbonyl (C=O) groups excluding carboxylic acids is 3. The molecule has 0 radical (unpaired) electrons. The Kier molecular flexibility index (Phi) is 60.3. The maximum atomic E-state index is 15.1. The number of hydrogen-bond acceptors (Lipinski definition) is 9. The molecule has 0 aromatic heterocycles. The zero-order chi connectivity index (χ0) is 73.8. The fraction of sp³-hybridized carbons (Fsp3) is 0.769. The number of nitrogens with one attached hydrogen (secondary N) is 2. The smallest absolute Gasteiger partial charge is 0.254 e. The number of hydrogen-bond donors (Lipinski definition) is 2. The molecule has 2 N–H and O–H groups in total. The largest absolute Gasteiger partial charge is 0.490 e. The standard InChI is InChI=1S/C91H157N3O9/c1-7-13-19-25-31-37-43-49-55-71-98-83-64-61-80(77-86(83)101-74-58-52-46-40-34-28-22-16-10-4)89(95)92-67-69-94(91(97)82-63-66-85(100-73-57-51-45-39-33-27-21-15-9-3)88(79-82)103-76-60-54-48-42-36-30-24-18-12-6)70-68-93-90(96)81-62-65-84(99-72-56-50-44-38-32-26-20-14-8-2)87(78-81)102-75-59-53-47-41-35-29-23-17-11-5/h61-66,77-79H,7-60,67-76H2,1-6H3,(H,92,95)(H,93,96). The van der Waals surface area contributed by atoms with Crippen LogP contribution in [0.4, 0.5) is 0 Å². The number of ether oxygens (including phenoxy) is 6. The van der Waals surface area contributed by atoms with Crippen molar-refractivity contribution in [1.29, 1.82) is 0 Å². The molecule has 590 valence electrons. The van der Waals surface area contributed by atoms with Crippen LogP contribution in [0.25, 0.3) is 0 Å². The van der Waals surface area contributed by atoms with Gasteiger partial charge in [-0.05, 0) is 93.1 Å². The highest BCUT2D eigenvalue weighted by molar-refractivity contribution is 5.97. The van der Waals surface area contributed by atoms with Gasteiger partial charge in [-0.2, -0.15) is 0 Å². The lowest BCUT2D eigenvalue weighted by Crippen LogP contribution is -2.42. The van der Waals surface area contributed by atoms with Gasteiger partial charge >= 0.3 is 0 Å². The molecule has 0 fully saturated rings. The monoisotopic (exact) mass is 1440 g/mol. The molecular weight excluding hydrogens is 1280 g/mol. The fourth-order valence-electron chi connectivity index (χ4n) is 13.5. The summed E-state index contributed by atoms with van der Waals surface area (Å²) < 4.78 is 38.7. The van der Waals surface area contributed by atoms with Crippen molar-refractivity contribution < 1.29 is 42.8 Å². The summed E-state index contributed by atoms with van der Waals surface area (Å²) in [5.41, 5.74) is 1.38. The Morgan fingerprint density at radius 2 is 0.427 bits per heavy atom. The molecule has 12 nitrogen and oxygen atoms in total. The Bertz CT molecular complexity index is 2350. The Hall–Kier alpha value is -5.13. The zero-order valence-corrected chi connectivity index (χ0v) is 67.6. The lowest BCUT2D eigenvalue weighted by molar-refractivity contribution is 0.0742. The Balaban J connectivity index is 1.87. The predicted octanol–water partition coefficient (Wildman–Crippen LogP) is 26.4. The van der Waals surface area contributed by atoms with Crippen molar-refractivity contribution >= 4 is 17.7 Å². The molecule has 0 bridgehead atoms. The van der Waals surface area contributed by atoms with Gasteiger partial charge in [0.2, 0.25) is 0 Å². The van der Waals surface area contributed by atoms with Crippen molar-refractivity contribution in [2.75, 3.05) is 65.8 Å². The first-order valence-electron chi connectivity index (χ1n) is 43.8. The second kappa shape index (κ2) is 67.5. The first kappa shape index (κ1) is 92.1. The third kappa shape index (κ3) is 48.6. The number of rotatable bonds is 75. The average Bonchev–Trinajstić information content (AvgIpc) is 0.850. The first-order chi connectivity index (χ1) is 50.8. The second-order valence-electron chi connectivity index (χ2n) is 29.8. The summed E-state index contributed by atoms with van der Waals surface area (Å²) in [5, 5.41) is 6.28. The van der Waals surface area contributed by atoms with Crippen molar-refractivity contribution in [2.24, 2.45) is 0 Å². The van der Waals surface area contributed by atoms with Gasteiger partial charge in [0.05, 0.1) is 39.6 Å². The molecule has 0 spiro atoms. The molecule has 3 rings (SSSR count). The van der Waals surface area contributed by atoms with Gasteiger partial charge in [0.15, 0.2) is 34.5 Å². The molecule has 3 amide bonds. The molecule has 0 heterocycles. The summed E-state index contributed by atoms with van der Waals surface area (Å²) in [6, 6.07) is 16.5. The number of benzene rings is 3. The van der Waals surface area contributed by atoms with Gasteiger partial charge in [0.1, 0.15) is 0 Å². The van der Waals surface area contributed by atoms with Gasteiger partial charge in [-0.25, -0.2) is 0 Å². The summed E-state index contributed by atoms with van der Waals surface area (Å²) in [6.45, 7) is 17.7. The number of nitrogens with zero attached hydrogens (tertiary/aromatic N) is 1.